The van der Waals surface area contributed by atoms with Crippen LogP contribution in [0.1, 0.15) is 31.4 Å². The zero-order valence-electron chi connectivity index (χ0n) is 12.4. The molecule has 0 heterocycles. The average Bonchev–Trinajstić information content (AvgIpc) is 2.45. The van der Waals surface area contributed by atoms with Gasteiger partial charge in [0.05, 0.1) is 18.9 Å². The van der Waals surface area contributed by atoms with Crippen molar-refractivity contribution >= 4 is 16.0 Å². The highest BCUT2D eigenvalue weighted by Crippen LogP contribution is 2.28. The summed E-state index contributed by atoms with van der Waals surface area (Å²) in [5, 5.41) is 9.79. The highest BCUT2D eigenvalue weighted by atomic mass is 32.2. The summed E-state index contributed by atoms with van der Waals surface area (Å²) >= 11 is 0. The van der Waals surface area contributed by atoms with Gasteiger partial charge in [-0.25, -0.2) is 8.42 Å². The maximum Gasteiger partial charge on any atom is 0.305 e. The lowest BCUT2D eigenvalue weighted by molar-refractivity contribution is -0.140. The topological polar surface area (TPSA) is 83.9 Å². The Labute approximate surface area is 125 Å². The number of esters is 1. The number of hydrogen-bond donors (Lipinski definition) is 1. The van der Waals surface area contributed by atoms with Crippen LogP contribution in [0.3, 0.4) is 0 Å². The van der Waals surface area contributed by atoms with Crippen LogP contribution in [0.2, 0.25) is 0 Å². The SMILES string of the molecule is COC(=O)CCCS(=O)(=O)N(C)C(C)c1ccccc1O. The number of ether oxygens (including phenoxy) is 1. The van der Waals surface area contributed by atoms with E-state index in [9.17, 15) is 18.3 Å². The second-order valence-electron chi connectivity index (χ2n) is 4.75. The number of carbonyl (C=O) groups excluding carboxylic acids is 1. The van der Waals surface area contributed by atoms with Crippen molar-refractivity contribution in [3.05, 3.63) is 29.8 Å². The first kappa shape index (κ1) is 17.5. The summed E-state index contributed by atoms with van der Waals surface area (Å²) in [6, 6.07) is 6.12. The lowest BCUT2D eigenvalue weighted by Crippen LogP contribution is -2.32. The van der Waals surface area contributed by atoms with Gasteiger partial charge in [0, 0.05) is 19.0 Å². The van der Waals surface area contributed by atoms with Gasteiger partial charge in [-0.3, -0.25) is 4.79 Å². The van der Waals surface area contributed by atoms with Crippen LogP contribution >= 0.6 is 0 Å². The summed E-state index contributed by atoms with van der Waals surface area (Å²) in [4.78, 5) is 11.0. The van der Waals surface area contributed by atoms with Crippen LogP contribution in [-0.4, -0.2) is 43.7 Å². The van der Waals surface area contributed by atoms with Gasteiger partial charge in [0.1, 0.15) is 5.75 Å². The molecule has 0 radical (unpaired) electrons. The molecule has 1 atom stereocenters. The molecule has 0 aliphatic rings. The van der Waals surface area contributed by atoms with E-state index >= 15 is 0 Å². The standard InChI is InChI=1S/C14H21NO5S/c1-11(12-7-4-5-8-13(12)16)15(2)21(18,19)10-6-9-14(17)20-3/h4-5,7-8,11,16H,6,9-10H2,1-3H3. The van der Waals surface area contributed by atoms with Crippen molar-refractivity contribution in [3.8, 4) is 5.75 Å². The molecular formula is C14H21NO5S. The van der Waals surface area contributed by atoms with E-state index in [1.165, 1.54) is 24.5 Å². The Morgan fingerprint density at radius 1 is 1.38 bits per heavy atom. The molecule has 1 N–H and O–H groups in total. The minimum absolute atomic E-state index is 0.0570. The van der Waals surface area contributed by atoms with E-state index in [2.05, 4.69) is 4.74 Å². The number of aromatic hydroxyl groups is 1. The summed E-state index contributed by atoms with van der Waals surface area (Å²) in [6.45, 7) is 1.70. The molecular weight excluding hydrogens is 294 g/mol. The Hall–Kier alpha value is -1.60. The molecule has 0 spiro atoms. The van der Waals surface area contributed by atoms with Gasteiger partial charge >= 0.3 is 5.97 Å². The molecule has 21 heavy (non-hydrogen) atoms. The van der Waals surface area contributed by atoms with E-state index in [1.54, 1.807) is 25.1 Å². The van der Waals surface area contributed by atoms with Gasteiger partial charge in [0.2, 0.25) is 10.0 Å². The molecule has 0 aromatic heterocycles. The van der Waals surface area contributed by atoms with Gasteiger partial charge in [-0.05, 0) is 19.4 Å². The molecule has 0 saturated carbocycles. The first-order valence-electron chi connectivity index (χ1n) is 6.60. The van der Waals surface area contributed by atoms with E-state index in [0.29, 0.717) is 5.56 Å². The maximum atomic E-state index is 12.2. The van der Waals surface area contributed by atoms with Crippen LogP contribution in [0.25, 0.3) is 0 Å². The molecule has 7 heteroatoms. The minimum Gasteiger partial charge on any atom is -0.508 e. The Kier molecular flexibility index (Phi) is 6.17. The fourth-order valence-electron chi connectivity index (χ4n) is 1.92. The van der Waals surface area contributed by atoms with Crippen LogP contribution < -0.4 is 0 Å². The summed E-state index contributed by atoms with van der Waals surface area (Å²) in [6.07, 6.45) is 0.265. The van der Waals surface area contributed by atoms with Gasteiger partial charge in [-0.1, -0.05) is 18.2 Å². The molecule has 1 unspecified atom stereocenters. The van der Waals surface area contributed by atoms with Gasteiger partial charge in [-0.2, -0.15) is 4.31 Å². The number of para-hydroxylation sites is 1. The second-order valence-corrected chi connectivity index (χ2v) is 6.89. The van der Waals surface area contributed by atoms with Crippen molar-refractivity contribution in [1.29, 1.82) is 0 Å². The zero-order chi connectivity index (χ0) is 16.0. The van der Waals surface area contributed by atoms with Crippen molar-refractivity contribution in [2.24, 2.45) is 0 Å². The van der Waals surface area contributed by atoms with E-state index in [4.69, 9.17) is 0 Å². The lowest BCUT2D eigenvalue weighted by atomic mass is 10.1. The largest absolute Gasteiger partial charge is 0.508 e. The van der Waals surface area contributed by atoms with Crippen LogP contribution in [0.4, 0.5) is 0 Å². The average molecular weight is 315 g/mol. The number of hydrogen-bond acceptors (Lipinski definition) is 5. The van der Waals surface area contributed by atoms with Crippen LogP contribution in [-0.2, 0) is 19.6 Å². The first-order chi connectivity index (χ1) is 9.79. The third kappa shape index (κ3) is 4.71. The summed E-state index contributed by atoms with van der Waals surface area (Å²) in [5.41, 5.74) is 0.538. The Balaban J connectivity index is 2.74. The molecule has 0 amide bonds. The number of phenols is 1. The number of rotatable bonds is 7. The van der Waals surface area contributed by atoms with Crippen LogP contribution in [0.5, 0.6) is 5.75 Å². The molecule has 1 aromatic carbocycles. The molecule has 1 aromatic rings. The number of sulfonamides is 1. The maximum absolute atomic E-state index is 12.2. The zero-order valence-corrected chi connectivity index (χ0v) is 13.3. The summed E-state index contributed by atoms with van der Waals surface area (Å²) < 4.78 is 30.1. The highest BCUT2D eigenvalue weighted by molar-refractivity contribution is 7.89. The highest BCUT2D eigenvalue weighted by Gasteiger charge is 2.25. The molecule has 0 aliphatic heterocycles. The molecule has 1 rings (SSSR count). The Bertz CT molecular complexity index is 585. The number of benzene rings is 1. The van der Waals surface area contributed by atoms with E-state index in [0.717, 1.165) is 0 Å². The number of carbonyl (C=O) groups is 1. The predicted octanol–water partition coefficient (Wildman–Crippen LogP) is 1.67. The first-order valence-corrected chi connectivity index (χ1v) is 8.21. The second kappa shape index (κ2) is 7.42. The van der Waals surface area contributed by atoms with Crippen molar-refractivity contribution in [1.82, 2.24) is 4.31 Å². The fourth-order valence-corrected chi connectivity index (χ4v) is 3.32. The van der Waals surface area contributed by atoms with Gasteiger partial charge < -0.3 is 9.84 Å². The van der Waals surface area contributed by atoms with Gasteiger partial charge in [0.25, 0.3) is 0 Å². The van der Waals surface area contributed by atoms with Crippen molar-refractivity contribution < 1.29 is 23.1 Å². The van der Waals surface area contributed by atoms with Crippen molar-refractivity contribution in [2.75, 3.05) is 19.9 Å². The Morgan fingerprint density at radius 3 is 2.57 bits per heavy atom. The van der Waals surface area contributed by atoms with E-state index < -0.39 is 22.0 Å². The normalized spacial score (nSPS) is 13.1. The Morgan fingerprint density at radius 2 is 2.00 bits per heavy atom. The fraction of sp³-hybridized carbons (Fsp3) is 0.500. The minimum atomic E-state index is -3.51. The molecule has 0 aliphatic carbocycles. The summed E-state index contributed by atoms with van der Waals surface area (Å²) in [5.74, 6) is -0.514. The smallest absolute Gasteiger partial charge is 0.305 e. The predicted molar refractivity (Wildman–Crippen MR) is 79.3 cm³/mol. The molecule has 0 bridgehead atoms. The summed E-state index contributed by atoms with van der Waals surface area (Å²) in [7, 11) is -0.784. The lowest BCUT2D eigenvalue weighted by Gasteiger charge is -2.25. The molecule has 0 fully saturated rings. The third-order valence-corrected chi connectivity index (χ3v) is 5.38. The number of methoxy groups -OCH3 is 1. The number of nitrogens with zero attached hydrogens (tertiary/aromatic N) is 1. The molecule has 6 nitrogen and oxygen atoms in total. The monoisotopic (exact) mass is 315 g/mol. The van der Waals surface area contributed by atoms with Crippen molar-refractivity contribution in [3.63, 3.8) is 0 Å². The van der Waals surface area contributed by atoms with Gasteiger partial charge in [0.15, 0.2) is 0 Å². The van der Waals surface area contributed by atoms with E-state index in [-0.39, 0.29) is 24.3 Å². The quantitative estimate of drug-likeness (QED) is 0.774. The van der Waals surface area contributed by atoms with E-state index in [1.807, 2.05) is 0 Å². The third-order valence-electron chi connectivity index (χ3n) is 3.38. The van der Waals surface area contributed by atoms with Crippen molar-refractivity contribution in [2.45, 2.75) is 25.8 Å². The molecule has 118 valence electrons. The van der Waals surface area contributed by atoms with Crippen LogP contribution in [0.15, 0.2) is 24.3 Å². The molecule has 0 saturated heterocycles. The van der Waals surface area contributed by atoms with Crippen LogP contribution in [0, 0.1) is 0 Å². The number of phenolic OH excluding ortho intramolecular Hbond substituents is 1. The van der Waals surface area contributed by atoms with Gasteiger partial charge in [-0.15, -0.1) is 0 Å².